The van der Waals surface area contributed by atoms with Gasteiger partial charge >= 0.3 is 0 Å². The zero-order valence-corrected chi connectivity index (χ0v) is 14.1. The Balaban J connectivity index is 1.51. The summed E-state index contributed by atoms with van der Waals surface area (Å²) in [7, 11) is 0. The summed E-state index contributed by atoms with van der Waals surface area (Å²) in [6.07, 6.45) is 3.70. The highest BCUT2D eigenvalue weighted by Crippen LogP contribution is 2.27. The molecule has 1 saturated heterocycles. The molecular weight excluding hydrogens is 316 g/mol. The van der Waals surface area contributed by atoms with E-state index in [4.69, 9.17) is 4.42 Å². The second kappa shape index (κ2) is 6.33. The van der Waals surface area contributed by atoms with Gasteiger partial charge < -0.3 is 14.4 Å². The van der Waals surface area contributed by atoms with Crippen LogP contribution in [0.2, 0.25) is 0 Å². The third-order valence-corrected chi connectivity index (χ3v) is 4.89. The number of hydrogen-bond donors (Lipinski definition) is 1. The molecule has 5 heteroatoms. The van der Waals surface area contributed by atoms with Crippen molar-refractivity contribution in [2.75, 3.05) is 13.1 Å². The van der Waals surface area contributed by atoms with Gasteiger partial charge in [-0.25, -0.2) is 0 Å². The van der Waals surface area contributed by atoms with Crippen LogP contribution < -0.4 is 0 Å². The molecular formula is C20H20N2O3. The molecule has 1 amide bonds. The predicted molar refractivity (Wildman–Crippen MR) is 94.3 cm³/mol. The quantitative estimate of drug-likeness (QED) is 0.799. The van der Waals surface area contributed by atoms with Gasteiger partial charge in [0.05, 0.1) is 6.10 Å². The van der Waals surface area contributed by atoms with Gasteiger partial charge in [0.2, 0.25) is 0 Å². The Labute approximate surface area is 145 Å². The maximum absolute atomic E-state index is 12.8. The van der Waals surface area contributed by atoms with Gasteiger partial charge in [-0.15, -0.1) is 0 Å². The molecule has 3 heterocycles. The van der Waals surface area contributed by atoms with Crippen molar-refractivity contribution in [3.05, 3.63) is 65.7 Å². The van der Waals surface area contributed by atoms with E-state index in [1.165, 1.54) is 0 Å². The molecule has 1 aromatic carbocycles. The van der Waals surface area contributed by atoms with Crippen LogP contribution in [0.3, 0.4) is 0 Å². The lowest BCUT2D eigenvalue weighted by Crippen LogP contribution is -2.29. The van der Waals surface area contributed by atoms with Gasteiger partial charge in [-0.1, -0.05) is 18.2 Å². The van der Waals surface area contributed by atoms with E-state index in [9.17, 15) is 9.90 Å². The van der Waals surface area contributed by atoms with Gasteiger partial charge in [-0.05, 0) is 42.7 Å². The van der Waals surface area contributed by atoms with E-state index in [0.717, 1.165) is 28.5 Å². The third kappa shape index (κ3) is 3.03. The number of aliphatic hydroxyl groups is 1. The predicted octanol–water partition coefficient (Wildman–Crippen LogP) is 2.81. The van der Waals surface area contributed by atoms with Gasteiger partial charge in [0, 0.05) is 36.8 Å². The molecule has 128 valence electrons. The molecule has 1 N–H and O–H groups in total. The molecule has 1 aliphatic heterocycles. The number of para-hydroxylation sites is 1. The molecule has 0 spiro atoms. The summed E-state index contributed by atoms with van der Waals surface area (Å²) in [6, 6.07) is 11.5. The molecule has 5 nitrogen and oxygen atoms in total. The number of β-amino-alcohol motifs (C(OH)–C–C–N with tert-alkyl or cyclic N) is 1. The molecule has 0 aliphatic carbocycles. The van der Waals surface area contributed by atoms with Crippen molar-refractivity contribution < 1.29 is 14.3 Å². The summed E-state index contributed by atoms with van der Waals surface area (Å²) >= 11 is 0. The van der Waals surface area contributed by atoms with Crippen molar-refractivity contribution in [1.82, 2.24) is 9.88 Å². The van der Waals surface area contributed by atoms with Crippen LogP contribution in [-0.4, -0.2) is 40.1 Å². The second-order valence-electron chi connectivity index (χ2n) is 6.70. The lowest BCUT2D eigenvalue weighted by molar-refractivity contribution is 0.0736. The number of likely N-dealkylation sites (tertiary alicyclic amines) is 1. The number of aryl methyl sites for hydroxylation is 1. The maximum atomic E-state index is 12.8. The number of rotatable bonds is 3. The van der Waals surface area contributed by atoms with Crippen molar-refractivity contribution in [3.63, 3.8) is 0 Å². The number of hydrogen-bond acceptors (Lipinski definition) is 4. The largest absolute Gasteiger partial charge is 0.451 e. The lowest BCUT2D eigenvalue weighted by atomic mass is 9.97. The average Bonchev–Trinajstić information content (AvgIpc) is 3.20. The van der Waals surface area contributed by atoms with Gasteiger partial charge in [0.15, 0.2) is 5.76 Å². The smallest absolute Gasteiger partial charge is 0.289 e. The number of carbonyl (C=O) groups is 1. The molecule has 4 rings (SSSR count). The topological polar surface area (TPSA) is 66.6 Å². The number of nitrogens with zero attached hydrogens (tertiary/aromatic N) is 2. The number of aliphatic hydroxyl groups excluding tert-OH is 1. The summed E-state index contributed by atoms with van der Waals surface area (Å²) in [4.78, 5) is 18.5. The first kappa shape index (κ1) is 15.8. The van der Waals surface area contributed by atoms with Crippen molar-refractivity contribution in [3.8, 4) is 0 Å². The Kier molecular flexibility index (Phi) is 4.01. The third-order valence-electron chi connectivity index (χ3n) is 4.89. The molecule has 2 aromatic heterocycles. The number of aromatic nitrogens is 1. The molecule has 2 atom stereocenters. The Bertz CT molecular complexity index is 904. The second-order valence-corrected chi connectivity index (χ2v) is 6.70. The first-order chi connectivity index (χ1) is 12.1. The minimum Gasteiger partial charge on any atom is -0.451 e. The van der Waals surface area contributed by atoms with Crippen LogP contribution >= 0.6 is 0 Å². The normalized spacial score (nSPS) is 20.3. The lowest BCUT2D eigenvalue weighted by Gasteiger charge is -2.14. The van der Waals surface area contributed by atoms with Crippen LogP contribution in [-0.2, 0) is 6.42 Å². The number of benzene rings is 1. The maximum Gasteiger partial charge on any atom is 0.289 e. The van der Waals surface area contributed by atoms with Crippen LogP contribution in [0.1, 0.15) is 21.7 Å². The van der Waals surface area contributed by atoms with Crippen molar-refractivity contribution in [1.29, 1.82) is 0 Å². The van der Waals surface area contributed by atoms with Crippen LogP contribution in [0.5, 0.6) is 0 Å². The zero-order chi connectivity index (χ0) is 17.4. The van der Waals surface area contributed by atoms with Gasteiger partial charge in [-0.2, -0.15) is 0 Å². The van der Waals surface area contributed by atoms with Gasteiger partial charge in [0.25, 0.3) is 5.91 Å². The SMILES string of the molecule is Cc1cccc2cc(C(=O)N3C[C@@H](Cc4ccncc4)[C@@H](O)C3)oc12. The van der Waals surface area contributed by atoms with Crippen LogP contribution in [0, 0.1) is 12.8 Å². The highest BCUT2D eigenvalue weighted by Gasteiger charge is 2.35. The van der Waals surface area contributed by atoms with E-state index in [0.29, 0.717) is 18.8 Å². The van der Waals surface area contributed by atoms with Crippen LogP contribution in [0.15, 0.2) is 53.2 Å². The fourth-order valence-corrected chi connectivity index (χ4v) is 3.51. The van der Waals surface area contributed by atoms with E-state index in [-0.39, 0.29) is 11.8 Å². The molecule has 0 bridgehead atoms. The Morgan fingerprint density at radius 1 is 1.28 bits per heavy atom. The molecule has 3 aromatic rings. The Morgan fingerprint density at radius 2 is 2.08 bits per heavy atom. The van der Waals surface area contributed by atoms with Crippen molar-refractivity contribution >= 4 is 16.9 Å². The number of fused-ring (bicyclic) bond motifs is 1. The molecule has 25 heavy (non-hydrogen) atoms. The average molecular weight is 336 g/mol. The Morgan fingerprint density at radius 3 is 2.84 bits per heavy atom. The summed E-state index contributed by atoms with van der Waals surface area (Å²) in [5.41, 5.74) is 2.88. The van der Waals surface area contributed by atoms with Crippen molar-refractivity contribution in [2.45, 2.75) is 19.4 Å². The monoisotopic (exact) mass is 336 g/mol. The standard InChI is InChI=1S/C20H20N2O3/c1-13-3-2-4-15-10-18(25-19(13)15)20(24)22-11-16(17(23)12-22)9-14-5-7-21-8-6-14/h2-8,10,16-17,23H,9,11-12H2,1H3/t16-,17+/m1/s1. The van der Waals surface area contributed by atoms with Crippen LogP contribution in [0.25, 0.3) is 11.0 Å². The molecule has 0 radical (unpaired) electrons. The van der Waals surface area contributed by atoms with E-state index in [1.807, 2.05) is 37.3 Å². The minimum absolute atomic E-state index is 0.0254. The molecule has 0 unspecified atom stereocenters. The van der Waals surface area contributed by atoms with Gasteiger partial charge in [0.1, 0.15) is 5.58 Å². The summed E-state index contributed by atoms with van der Waals surface area (Å²) in [5, 5.41) is 11.3. The highest BCUT2D eigenvalue weighted by atomic mass is 16.3. The fraction of sp³-hybridized carbons (Fsp3) is 0.300. The first-order valence-corrected chi connectivity index (χ1v) is 8.47. The minimum atomic E-state index is -0.525. The number of carbonyl (C=O) groups excluding carboxylic acids is 1. The first-order valence-electron chi connectivity index (χ1n) is 8.47. The highest BCUT2D eigenvalue weighted by molar-refractivity contribution is 5.96. The van der Waals surface area contributed by atoms with E-state index < -0.39 is 6.10 Å². The van der Waals surface area contributed by atoms with Crippen LogP contribution in [0.4, 0.5) is 0 Å². The molecule has 1 fully saturated rings. The Hall–Kier alpha value is -2.66. The zero-order valence-electron chi connectivity index (χ0n) is 14.1. The molecule has 0 saturated carbocycles. The van der Waals surface area contributed by atoms with E-state index in [1.54, 1.807) is 23.4 Å². The summed E-state index contributed by atoms with van der Waals surface area (Å²) in [5.74, 6) is 0.199. The van der Waals surface area contributed by atoms with E-state index >= 15 is 0 Å². The number of pyridine rings is 1. The van der Waals surface area contributed by atoms with Gasteiger partial charge in [-0.3, -0.25) is 9.78 Å². The fourth-order valence-electron chi connectivity index (χ4n) is 3.51. The van der Waals surface area contributed by atoms with E-state index in [2.05, 4.69) is 4.98 Å². The number of amides is 1. The number of furan rings is 1. The summed E-state index contributed by atoms with van der Waals surface area (Å²) in [6.45, 7) is 2.83. The van der Waals surface area contributed by atoms with Crippen molar-refractivity contribution in [2.24, 2.45) is 5.92 Å². The summed E-state index contributed by atoms with van der Waals surface area (Å²) < 4.78 is 5.78. The molecule has 1 aliphatic rings.